The zero-order valence-corrected chi connectivity index (χ0v) is 21.8. The predicted molar refractivity (Wildman–Crippen MR) is 143 cm³/mol. The topological polar surface area (TPSA) is 118 Å². The maximum absolute atomic E-state index is 13.6. The molecule has 2 N–H and O–H groups in total. The highest BCUT2D eigenvalue weighted by atomic mass is 32.1. The number of para-hydroxylation sites is 1. The first-order valence-corrected chi connectivity index (χ1v) is 13.2. The normalized spacial score (nSPS) is 19.4. The Bertz CT molecular complexity index is 1570. The van der Waals surface area contributed by atoms with Crippen LogP contribution in [-0.4, -0.2) is 58.8 Å². The molecule has 0 aliphatic carbocycles. The van der Waals surface area contributed by atoms with Gasteiger partial charge in [0.1, 0.15) is 5.00 Å². The number of anilines is 3. The van der Waals surface area contributed by atoms with Crippen LogP contribution in [0.1, 0.15) is 23.1 Å². The Balaban J connectivity index is 1.34. The summed E-state index contributed by atoms with van der Waals surface area (Å²) in [6.45, 7) is 2.95. The summed E-state index contributed by atoms with van der Waals surface area (Å²) < 4.78 is 52.0. The molecule has 0 spiro atoms. The van der Waals surface area contributed by atoms with Gasteiger partial charge in [-0.1, -0.05) is 65.0 Å². The van der Waals surface area contributed by atoms with Crippen LogP contribution in [0.5, 0.6) is 0 Å². The first kappa shape index (κ1) is 26.0. The Morgan fingerprint density at radius 2 is 1.88 bits per heavy atom. The Morgan fingerprint density at radius 3 is 2.65 bits per heavy atom. The van der Waals surface area contributed by atoms with Crippen molar-refractivity contribution in [3.63, 3.8) is 0 Å². The van der Waals surface area contributed by atoms with Crippen molar-refractivity contribution in [3.05, 3.63) is 70.7 Å². The fraction of sp³-hybridized carbons (Fsp3) is 0.269. The van der Waals surface area contributed by atoms with Crippen LogP contribution in [0.2, 0.25) is 0 Å². The summed E-state index contributed by atoms with van der Waals surface area (Å²) in [4.78, 5) is 23.4. The van der Waals surface area contributed by atoms with Gasteiger partial charge in [-0.15, -0.1) is 5.10 Å². The molecule has 0 unspecified atom stereocenters. The van der Waals surface area contributed by atoms with Gasteiger partial charge in [-0.3, -0.25) is 4.79 Å². The van der Waals surface area contributed by atoms with Gasteiger partial charge in [0.15, 0.2) is 5.69 Å². The molecule has 2 atom stereocenters. The first-order chi connectivity index (χ1) is 19.3. The number of nitrogens with zero attached hydrogens (tertiary/aromatic N) is 5. The van der Waals surface area contributed by atoms with Gasteiger partial charge in [-0.2, -0.15) is 13.2 Å². The summed E-state index contributed by atoms with van der Waals surface area (Å²) in [5.74, 6) is -0.693. The second-order valence-electron chi connectivity index (χ2n) is 9.13. The molecule has 1 saturated heterocycles. The number of nitrogens with one attached hydrogen (secondary N) is 2. The van der Waals surface area contributed by atoms with E-state index in [0.717, 1.165) is 11.1 Å². The Labute approximate surface area is 229 Å². The molecule has 1 fully saturated rings. The van der Waals surface area contributed by atoms with E-state index in [1.165, 1.54) is 0 Å². The summed E-state index contributed by atoms with van der Waals surface area (Å²) in [7, 11) is 0. The monoisotopic (exact) mass is 569 g/mol. The molecule has 0 saturated carbocycles. The number of carbonyl (C=O) groups excluding carboxylic acids is 1. The van der Waals surface area contributed by atoms with Gasteiger partial charge in [-0.25, -0.2) is 9.98 Å². The lowest BCUT2D eigenvalue weighted by atomic mass is 10.0. The number of amides is 1. The summed E-state index contributed by atoms with van der Waals surface area (Å²) in [5.41, 5.74) is 2.57. The van der Waals surface area contributed by atoms with E-state index in [1.807, 2.05) is 49.4 Å². The molecule has 4 aromatic rings. The number of hydrogen-bond donors (Lipinski definition) is 2. The van der Waals surface area contributed by atoms with Crippen LogP contribution in [0.15, 0.2) is 64.0 Å². The van der Waals surface area contributed by atoms with Crippen molar-refractivity contribution in [2.45, 2.75) is 25.3 Å². The van der Waals surface area contributed by atoms with Crippen LogP contribution in [0, 0.1) is 0 Å². The van der Waals surface area contributed by atoms with E-state index in [0.29, 0.717) is 42.5 Å². The van der Waals surface area contributed by atoms with Crippen LogP contribution >= 0.6 is 11.3 Å². The predicted octanol–water partition coefficient (Wildman–Crippen LogP) is 4.66. The molecule has 1 amide bonds. The molecule has 2 aliphatic rings. The van der Waals surface area contributed by atoms with Crippen LogP contribution in [0.4, 0.5) is 29.9 Å². The fourth-order valence-electron chi connectivity index (χ4n) is 4.47. The van der Waals surface area contributed by atoms with Crippen molar-refractivity contribution in [1.82, 2.24) is 15.2 Å². The molecule has 10 nitrogen and oxygen atoms in total. The number of benzodiazepines with no additional fused rings is 1. The van der Waals surface area contributed by atoms with Crippen LogP contribution in [0.25, 0.3) is 11.6 Å². The second-order valence-corrected chi connectivity index (χ2v) is 10.1. The highest BCUT2D eigenvalue weighted by molar-refractivity contribution is 7.16. The molecular weight excluding hydrogens is 547 g/mol. The lowest BCUT2D eigenvalue weighted by Gasteiger charge is -2.34. The molecule has 6 rings (SSSR count). The van der Waals surface area contributed by atoms with Crippen molar-refractivity contribution >= 4 is 39.7 Å². The quantitative estimate of drug-likeness (QED) is 0.356. The Kier molecular flexibility index (Phi) is 6.72. The average molecular weight is 570 g/mol. The summed E-state index contributed by atoms with van der Waals surface area (Å²) in [6.07, 6.45) is -5.82. The number of benzene rings is 2. The number of aromatic nitrogens is 3. The van der Waals surface area contributed by atoms with Crippen LogP contribution < -0.4 is 15.5 Å². The zero-order chi connectivity index (χ0) is 27.9. The van der Waals surface area contributed by atoms with E-state index in [9.17, 15) is 18.0 Å². The number of rotatable bonds is 5. The minimum absolute atomic E-state index is 0.0853. The van der Waals surface area contributed by atoms with Crippen LogP contribution in [0.3, 0.4) is 0 Å². The van der Waals surface area contributed by atoms with Crippen molar-refractivity contribution in [2.24, 2.45) is 4.99 Å². The minimum Gasteiger partial charge on any atom is -0.402 e. The fourth-order valence-corrected chi connectivity index (χ4v) is 5.53. The highest BCUT2D eigenvalue weighted by Gasteiger charge is 2.39. The number of hydrogen-bond acceptors (Lipinski definition) is 10. The second kappa shape index (κ2) is 10.4. The summed E-state index contributed by atoms with van der Waals surface area (Å²) in [6, 6.07) is 16.2. The maximum Gasteiger partial charge on any atom is 0.443 e. The Morgan fingerprint density at radius 1 is 1.10 bits per heavy atom. The van der Waals surface area contributed by atoms with Crippen molar-refractivity contribution < 1.29 is 27.1 Å². The molecule has 4 heterocycles. The largest absolute Gasteiger partial charge is 0.443 e. The molecule has 40 heavy (non-hydrogen) atoms. The van der Waals surface area contributed by atoms with E-state index in [4.69, 9.17) is 9.15 Å². The van der Waals surface area contributed by atoms with E-state index < -0.39 is 23.3 Å². The lowest BCUT2D eigenvalue weighted by Crippen LogP contribution is -2.43. The molecule has 206 valence electrons. The number of halogens is 3. The number of alkyl halides is 3. The van der Waals surface area contributed by atoms with Gasteiger partial charge < -0.3 is 24.7 Å². The van der Waals surface area contributed by atoms with E-state index in [2.05, 4.69) is 30.8 Å². The molecule has 2 aromatic carbocycles. The SMILES string of the molecule is C[C@@H]1COCCN1c1sc(C(F)(F)F)nc1-c1nnc(N[C@H]2N=C(c3ccccc3)c3ccccc3NC2=O)o1. The number of ether oxygens (including phenoxy) is 1. The van der Waals surface area contributed by atoms with Gasteiger partial charge in [0.05, 0.1) is 30.7 Å². The van der Waals surface area contributed by atoms with Gasteiger partial charge >= 0.3 is 12.2 Å². The zero-order valence-electron chi connectivity index (χ0n) is 21.0. The molecule has 14 heteroatoms. The molecule has 2 aromatic heterocycles. The third-order valence-corrected chi connectivity index (χ3v) is 7.50. The minimum atomic E-state index is -4.65. The number of carbonyl (C=O) groups is 1. The molecule has 0 radical (unpaired) electrons. The average Bonchev–Trinajstić information content (AvgIpc) is 3.57. The van der Waals surface area contributed by atoms with E-state index in [1.54, 1.807) is 17.0 Å². The van der Waals surface area contributed by atoms with Gasteiger partial charge in [0, 0.05) is 17.7 Å². The lowest BCUT2D eigenvalue weighted by molar-refractivity contribution is -0.137. The molecule has 2 aliphatic heterocycles. The summed E-state index contributed by atoms with van der Waals surface area (Å²) in [5, 5.41) is 12.8. The number of morpholine rings is 1. The number of aliphatic imine (C=N–C) groups is 1. The number of fused-ring (bicyclic) bond motifs is 1. The van der Waals surface area contributed by atoms with Crippen molar-refractivity contribution in [2.75, 3.05) is 35.3 Å². The van der Waals surface area contributed by atoms with Crippen molar-refractivity contribution in [1.29, 1.82) is 0 Å². The maximum atomic E-state index is 13.6. The van der Waals surface area contributed by atoms with Gasteiger partial charge in [0.2, 0.25) is 11.2 Å². The molecular formula is C26H22F3N7O3S. The van der Waals surface area contributed by atoms with Crippen molar-refractivity contribution in [3.8, 4) is 11.6 Å². The first-order valence-electron chi connectivity index (χ1n) is 12.3. The molecule has 0 bridgehead atoms. The highest BCUT2D eigenvalue weighted by Crippen LogP contribution is 2.43. The van der Waals surface area contributed by atoms with Crippen LogP contribution in [-0.2, 0) is 15.7 Å². The third kappa shape index (κ3) is 5.02. The Hall–Kier alpha value is -4.30. The number of thiazole rings is 1. The van der Waals surface area contributed by atoms with Gasteiger partial charge in [0.25, 0.3) is 11.8 Å². The van der Waals surface area contributed by atoms with E-state index >= 15 is 0 Å². The third-order valence-electron chi connectivity index (χ3n) is 6.36. The standard InChI is InChI=1S/C26H22F3N7O3S/c1-14-13-38-12-11-36(14)23-19(32-24(40-23)26(27,28)29)22-34-35-25(39-22)33-20-21(37)30-17-10-6-5-9-16(17)18(31-20)15-7-3-2-4-8-15/h2-10,14,20H,11-13H2,1H3,(H,30,37)(H,33,35)/t14-,20-/m1/s1. The smallest absolute Gasteiger partial charge is 0.402 e. The van der Waals surface area contributed by atoms with Gasteiger partial charge in [-0.05, 0) is 13.0 Å². The van der Waals surface area contributed by atoms with E-state index in [-0.39, 0.29) is 28.6 Å². The summed E-state index contributed by atoms with van der Waals surface area (Å²) >= 11 is 0.511.